The molecule has 0 fully saturated rings. The zero-order valence-corrected chi connectivity index (χ0v) is 9.66. The van der Waals surface area contributed by atoms with E-state index in [1.165, 1.54) is 0 Å². The number of anilines is 1. The third kappa shape index (κ3) is 2.35. The molecule has 0 bridgehead atoms. The monoisotopic (exact) mass is 300 g/mol. The summed E-state index contributed by atoms with van der Waals surface area (Å²) in [5, 5.41) is 1.80. The van der Waals surface area contributed by atoms with E-state index in [0.29, 0.717) is 12.1 Å². The van der Waals surface area contributed by atoms with Crippen LogP contribution in [0.1, 0.15) is 0 Å². The molecular weight excluding hydrogens is 295 g/mol. The van der Waals surface area contributed by atoms with E-state index >= 15 is 0 Å². The van der Waals surface area contributed by atoms with E-state index in [1.54, 1.807) is 0 Å². The molecule has 0 aromatic heterocycles. The van der Waals surface area contributed by atoms with E-state index in [4.69, 9.17) is 5.73 Å². The van der Waals surface area contributed by atoms with Crippen LogP contribution in [0.15, 0.2) is 12.1 Å². The Morgan fingerprint density at radius 3 is 2.05 bits per heavy atom. The first-order valence-corrected chi connectivity index (χ1v) is 5.07. The summed E-state index contributed by atoms with van der Waals surface area (Å²) in [6.07, 6.45) is -9.77. The molecule has 10 heteroatoms. The minimum absolute atomic E-state index is 0.340. The largest absolute Gasteiger partial charge is 0.507 e. The van der Waals surface area contributed by atoms with Crippen LogP contribution in [0.2, 0.25) is 0 Å². The summed E-state index contributed by atoms with van der Waals surface area (Å²) in [4.78, 5) is 0. The van der Waals surface area contributed by atoms with Gasteiger partial charge in [0, 0.05) is 12.1 Å². The molecule has 19 heavy (non-hydrogen) atoms. The highest BCUT2D eigenvalue weighted by molar-refractivity contribution is 7.80. The van der Waals surface area contributed by atoms with E-state index in [1.807, 2.05) is 0 Å². The molecule has 0 saturated heterocycles. The molecule has 1 heterocycles. The number of ether oxygens (including phenoxy) is 2. The van der Waals surface area contributed by atoms with Gasteiger partial charge in [-0.2, -0.15) is 17.6 Å². The van der Waals surface area contributed by atoms with Crippen molar-refractivity contribution in [2.75, 3.05) is 5.32 Å². The number of nitrogens with one attached hydrogen (secondary N) is 1. The lowest BCUT2D eigenvalue weighted by molar-refractivity contribution is -0.391. The Balaban J connectivity index is 2.45. The van der Waals surface area contributed by atoms with Crippen LogP contribution in [0.25, 0.3) is 0 Å². The standard InChI is InChI=1S/C9H5F5N2O2S/c10-3-1-5-6(2-4(3)16-7(15)19)18-9(13,14)8(11,12)17-5/h1-2H,(H3,15,16,19). The Labute approximate surface area is 108 Å². The van der Waals surface area contributed by atoms with Gasteiger partial charge in [0.2, 0.25) is 0 Å². The minimum Gasteiger partial charge on any atom is -0.421 e. The average molecular weight is 300 g/mol. The molecule has 1 aromatic rings. The van der Waals surface area contributed by atoms with Gasteiger partial charge in [0.1, 0.15) is 0 Å². The van der Waals surface area contributed by atoms with Crippen LogP contribution in [-0.4, -0.2) is 17.3 Å². The van der Waals surface area contributed by atoms with E-state index in [9.17, 15) is 22.0 Å². The first kappa shape index (κ1) is 13.6. The van der Waals surface area contributed by atoms with Gasteiger partial charge in [0.25, 0.3) is 0 Å². The highest BCUT2D eigenvalue weighted by Crippen LogP contribution is 2.48. The maximum atomic E-state index is 13.4. The number of hydrogen-bond donors (Lipinski definition) is 2. The number of halogens is 5. The summed E-state index contributed by atoms with van der Waals surface area (Å²) in [6.45, 7) is 0. The van der Waals surface area contributed by atoms with Crippen LogP contribution in [0.3, 0.4) is 0 Å². The Morgan fingerprint density at radius 1 is 1.11 bits per heavy atom. The number of benzene rings is 1. The third-order valence-corrected chi connectivity index (χ3v) is 2.21. The number of alkyl halides is 4. The van der Waals surface area contributed by atoms with Gasteiger partial charge in [-0.25, -0.2) is 4.39 Å². The van der Waals surface area contributed by atoms with Gasteiger partial charge < -0.3 is 20.5 Å². The quantitative estimate of drug-likeness (QED) is 0.616. The SMILES string of the molecule is NC(=S)Nc1cc2c(cc1F)OC(F)(F)C(F)(F)O2. The smallest absolute Gasteiger partial charge is 0.421 e. The van der Waals surface area contributed by atoms with Crippen LogP contribution >= 0.6 is 12.2 Å². The first-order chi connectivity index (χ1) is 8.62. The van der Waals surface area contributed by atoms with Crippen molar-refractivity contribution in [3.63, 3.8) is 0 Å². The van der Waals surface area contributed by atoms with Crippen molar-refractivity contribution in [2.45, 2.75) is 12.2 Å². The predicted octanol–water partition coefficient (Wildman–Crippen LogP) is 2.44. The molecule has 1 aliphatic rings. The Morgan fingerprint density at radius 2 is 1.58 bits per heavy atom. The molecule has 0 radical (unpaired) electrons. The fraction of sp³-hybridized carbons (Fsp3) is 0.222. The van der Waals surface area contributed by atoms with Gasteiger partial charge in [-0.3, -0.25) is 0 Å². The van der Waals surface area contributed by atoms with Gasteiger partial charge in [-0.15, -0.1) is 0 Å². The molecule has 0 aliphatic carbocycles. The molecule has 104 valence electrons. The van der Waals surface area contributed by atoms with Crippen molar-refractivity contribution < 1.29 is 31.4 Å². The normalized spacial score (nSPS) is 18.8. The van der Waals surface area contributed by atoms with Crippen molar-refractivity contribution in [3.8, 4) is 11.5 Å². The zero-order valence-electron chi connectivity index (χ0n) is 8.85. The number of fused-ring (bicyclic) bond motifs is 1. The second-order valence-electron chi connectivity index (χ2n) is 3.51. The summed E-state index contributed by atoms with van der Waals surface area (Å²) in [5.74, 6) is -2.70. The highest BCUT2D eigenvalue weighted by Gasteiger charge is 2.66. The van der Waals surface area contributed by atoms with Gasteiger partial charge in [-0.1, -0.05) is 0 Å². The molecule has 2 rings (SSSR count). The van der Waals surface area contributed by atoms with Gasteiger partial charge in [0.05, 0.1) is 5.69 Å². The number of rotatable bonds is 1. The molecule has 3 N–H and O–H groups in total. The predicted molar refractivity (Wildman–Crippen MR) is 58.0 cm³/mol. The van der Waals surface area contributed by atoms with E-state index in [0.717, 1.165) is 0 Å². The lowest BCUT2D eigenvalue weighted by Gasteiger charge is -2.32. The third-order valence-electron chi connectivity index (χ3n) is 2.11. The Bertz CT molecular complexity index is 552. The van der Waals surface area contributed by atoms with Crippen LogP contribution in [0.4, 0.5) is 27.6 Å². The highest BCUT2D eigenvalue weighted by atomic mass is 32.1. The van der Waals surface area contributed by atoms with E-state index < -0.39 is 35.2 Å². The molecule has 0 spiro atoms. The fourth-order valence-corrected chi connectivity index (χ4v) is 1.43. The first-order valence-electron chi connectivity index (χ1n) is 4.66. The summed E-state index contributed by atoms with van der Waals surface area (Å²) >= 11 is 4.43. The lowest BCUT2D eigenvalue weighted by atomic mass is 10.2. The molecular formula is C9H5F5N2O2S. The topological polar surface area (TPSA) is 56.5 Å². The molecule has 0 amide bonds. The molecule has 0 unspecified atom stereocenters. The van der Waals surface area contributed by atoms with E-state index in [-0.39, 0.29) is 5.11 Å². The maximum Gasteiger partial charge on any atom is 0.507 e. The summed E-state index contributed by atoms with van der Waals surface area (Å²) in [6, 6.07) is 1.14. The molecule has 1 aliphatic heterocycles. The van der Waals surface area contributed by atoms with Gasteiger partial charge in [-0.05, 0) is 12.2 Å². The van der Waals surface area contributed by atoms with Crippen LogP contribution in [-0.2, 0) is 0 Å². The van der Waals surface area contributed by atoms with Crippen molar-refractivity contribution in [3.05, 3.63) is 17.9 Å². The second-order valence-corrected chi connectivity index (χ2v) is 3.95. The van der Waals surface area contributed by atoms with E-state index in [2.05, 4.69) is 27.0 Å². The maximum absolute atomic E-state index is 13.4. The molecule has 4 nitrogen and oxygen atoms in total. The summed E-state index contributed by atoms with van der Waals surface area (Å²) < 4.78 is 72.4. The van der Waals surface area contributed by atoms with Gasteiger partial charge in [0.15, 0.2) is 22.4 Å². The average Bonchev–Trinajstić information content (AvgIpc) is 2.21. The molecule has 1 aromatic carbocycles. The lowest BCUT2D eigenvalue weighted by Crippen LogP contribution is -2.52. The molecule has 0 saturated carbocycles. The van der Waals surface area contributed by atoms with Crippen molar-refractivity contribution >= 4 is 23.0 Å². The zero-order chi connectivity index (χ0) is 14.4. The molecule has 0 atom stereocenters. The van der Waals surface area contributed by atoms with Gasteiger partial charge >= 0.3 is 12.2 Å². The summed E-state index contributed by atoms with van der Waals surface area (Å²) in [5.41, 5.74) is 4.67. The second kappa shape index (κ2) is 4.08. The van der Waals surface area contributed by atoms with Crippen molar-refractivity contribution in [1.82, 2.24) is 0 Å². The summed E-state index contributed by atoms with van der Waals surface area (Å²) in [7, 11) is 0. The van der Waals surface area contributed by atoms with Crippen LogP contribution in [0.5, 0.6) is 11.5 Å². The van der Waals surface area contributed by atoms with Crippen molar-refractivity contribution in [1.29, 1.82) is 0 Å². The van der Waals surface area contributed by atoms with Crippen molar-refractivity contribution in [2.24, 2.45) is 5.73 Å². The number of thiocarbonyl (C=S) groups is 1. The Hall–Kier alpha value is -1.84. The Kier molecular flexibility index (Phi) is 2.92. The van der Waals surface area contributed by atoms with Crippen LogP contribution in [0, 0.1) is 5.82 Å². The van der Waals surface area contributed by atoms with Crippen LogP contribution < -0.4 is 20.5 Å². The number of hydrogen-bond acceptors (Lipinski definition) is 3. The minimum atomic E-state index is -4.90. The fourth-order valence-electron chi connectivity index (χ4n) is 1.32. The number of nitrogens with two attached hydrogens (primary N) is 1.